The summed E-state index contributed by atoms with van der Waals surface area (Å²) in [6, 6.07) is 7.84. The fourth-order valence-electron chi connectivity index (χ4n) is 4.30. The number of para-hydroxylation sites is 1. The van der Waals surface area contributed by atoms with Crippen LogP contribution in [0.5, 0.6) is 0 Å². The molecule has 0 saturated carbocycles. The van der Waals surface area contributed by atoms with E-state index in [0.29, 0.717) is 34.7 Å². The van der Waals surface area contributed by atoms with Crippen molar-refractivity contribution in [1.82, 2.24) is 29.2 Å². The van der Waals surface area contributed by atoms with Gasteiger partial charge < -0.3 is 9.47 Å². The van der Waals surface area contributed by atoms with Crippen LogP contribution in [0.25, 0.3) is 27.7 Å². The van der Waals surface area contributed by atoms with Crippen LogP contribution in [-0.2, 0) is 23.2 Å². The van der Waals surface area contributed by atoms with E-state index in [-0.39, 0.29) is 0 Å². The first-order chi connectivity index (χ1) is 14.8. The van der Waals surface area contributed by atoms with Crippen molar-refractivity contribution in [1.29, 1.82) is 0 Å². The topological polar surface area (TPSA) is 84.5 Å². The number of hydrogen-bond acceptors (Lipinski definition) is 5. The number of fused-ring (bicyclic) bond motifs is 2. The van der Waals surface area contributed by atoms with Gasteiger partial charge in [0.2, 0.25) is 0 Å². The van der Waals surface area contributed by atoms with E-state index in [1.807, 2.05) is 78.6 Å². The summed E-state index contributed by atoms with van der Waals surface area (Å²) in [5.74, 6) is -0.808. The molecule has 3 aromatic heterocycles. The lowest BCUT2D eigenvalue weighted by Crippen LogP contribution is -2.23. The summed E-state index contributed by atoms with van der Waals surface area (Å²) in [6.07, 6.45) is 5.48. The third-order valence-corrected chi connectivity index (χ3v) is 5.55. The lowest BCUT2D eigenvalue weighted by atomic mass is 9.98. The molecule has 0 saturated heterocycles. The minimum atomic E-state index is -0.413. The highest BCUT2D eigenvalue weighted by Crippen LogP contribution is 2.36. The quantitative estimate of drug-likeness (QED) is 0.518. The summed E-state index contributed by atoms with van der Waals surface area (Å²) in [5.41, 5.74) is 5.19. The summed E-state index contributed by atoms with van der Waals surface area (Å²) in [4.78, 5) is 37.0. The molecule has 1 N–H and O–H groups in total. The van der Waals surface area contributed by atoms with Crippen LogP contribution >= 0.6 is 0 Å². The number of aryl methyl sites for hydroxylation is 2. The number of imide groups is 1. The van der Waals surface area contributed by atoms with Crippen LogP contribution in [-0.4, -0.2) is 49.7 Å². The van der Waals surface area contributed by atoms with Crippen LogP contribution in [0.15, 0.2) is 42.9 Å². The minimum absolute atomic E-state index is 0.341. The maximum absolute atomic E-state index is 13.0. The summed E-state index contributed by atoms with van der Waals surface area (Å²) < 4.78 is 3.83. The second kappa shape index (κ2) is 6.88. The molecule has 0 fully saturated rings. The fourth-order valence-corrected chi connectivity index (χ4v) is 4.30. The first kappa shape index (κ1) is 19.2. The Morgan fingerprint density at radius 3 is 2.58 bits per heavy atom. The number of rotatable bonds is 4. The molecule has 0 spiro atoms. The van der Waals surface area contributed by atoms with Crippen molar-refractivity contribution in [2.45, 2.75) is 13.5 Å². The maximum atomic E-state index is 13.0. The molecular weight excluding hydrogens is 392 g/mol. The number of nitrogens with zero attached hydrogens (tertiary/aromatic N) is 5. The number of carbonyl (C=O) groups excluding carboxylic acids is 2. The third-order valence-electron chi connectivity index (χ3n) is 5.55. The fraction of sp³-hybridized carbons (Fsp3) is 0.217. The van der Waals surface area contributed by atoms with Gasteiger partial charge in [-0.05, 0) is 27.1 Å². The Morgan fingerprint density at radius 2 is 1.81 bits per heavy atom. The minimum Gasteiger partial charge on any atom is -0.350 e. The molecule has 8 heteroatoms. The Bertz CT molecular complexity index is 1420. The van der Waals surface area contributed by atoms with Crippen molar-refractivity contribution in [3.05, 3.63) is 65.5 Å². The molecule has 1 aliphatic rings. The summed E-state index contributed by atoms with van der Waals surface area (Å²) in [5, 5.41) is 3.41. The lowest BCUT2D eigenvalue weighted by molar-refractivity contribution is -0.122. The average Bonchev–Trinajstić information content (AvgIpc) is 3.31. The van der Waals surface area contributed by atoms with Gasteiger partial charge in [0.25, 0.3) is 11.8 Å². The molecule has 4 heterocycles. The van der Waals surface area contributed by atoms with Gasteiger partial charge in [-0.25, -0.2) is 4.98 Å². The van der Waals surface area contributed by atoms with Crippen LogP contribution in [0, 0.1) is 6.92 Å². The molecule has 0 atom stereocenters. The molecule has 0 radical (unpaired) electrons. The highest BCUT2D eigenvalue weighted by atomic mass is 16.2. The highest BCUT2D eigenvalue weighted by Gasteiger charge is 2.36. The lowest BCUT2D eigenvalue weighted by Gasteiger charge is -2.10. The smallest absolute Gasteiger partial charge is 0.261 e. The molecule has 1 aromatic carbocycles. The summed E-state index contributed by atoms with van der Waals surface area (Å²) in [6.45, 7) is 2.49. The zero-order valence-corrected chi connectivity index (χ0v) is 17.8. The molecule has 0 aliphatic carbocycles. The van der Waals surface area contributed by atoms with E-state index >= 15 is 0 Å². The molecule has 8 nitrogen and oxygen atoms in total. The summed E-state index contributed by atoms with van der Waals surface area (Å²) in [7, 11) is 5.87. The van der Waals surface area contributed by atoms with Crippen molar-refractivity contribution in [3.63, 3.8) is 0 Å². The van der Waals surface area contributed by atoms with Crippen molar-refractivity contribution in [2.24, 2.45) is 7.05 Å². The van der Waals surface area contributed by atoms with Gasteiger partial charge in [-0.1, -0.05) is 18.2 Å². The van der Waals surface area contributed by atoms with Gasteiger partial charge in [0.05, 0.1) is 34.4 Å². The Balaban J connectivity index is 1.82. The standard InChI is InChI=1S/C23H22N6O2/c1-13-21(29-11-14(10-27(2)3)24-9-18(29)25-13)20-19(22(30)26-23(20)31)16-12-28(4)17-8-6-5-7-15(16)17/h5-9,11-12H,10H2,1-4H3,(H,26,30,31). The third kappa shape index (κ3) is 2.95. The predicted octanol–water partition coefficient (Wildman–Crippen LogP) is 2.16. The Kier molecular flexibility index (Phi) is 4.26. The molecular formula is C23H22N6O2. The predicted molar refractivity (Wildman–Crippen MR) is 118 cm³/mol. The molecule has 5 rings (SSSR count). The van der Waals surface area contributed by atoms with Crippen molar-refractivity contribution >= 4 is 39.5 Å². The van der Waals surface area contributed by atoms with E-state index in [1.165, 1.54) is 0 Å². The van der Waals surface area contributed by atoms with Gasteiger partial charge in [-0.15, -0.1) is 0 Å². The van der Waals surface area contributed by atoms with Crippen LogP contribution in [0.2, 0.25) is 0 Å². The molecule has 0 unspecified atom stereocenters. The highest BCUT2D eigenvalue weighted by molar-refractivity contribution is 6.50. The molecule has 4 aromatic rings. The first-order valence-corrected chi connectivity index (χ1v) is 9.98. The van der Waals surface area contributed by atoms with Gasteiger partial charge in [0.1, 0.15) is 0 Å². The van der Waals surface area contributed by atoms with Crippen LogP contribution < -0.4 is 5.32 Å². The van der Waals surface area contributed by atoms with Crippen molar-refractivity contribution in [2.75, 3.05) is 14.1 Å². The number of aromatic nitrogens is 4. The normalized spacial score (nSPS) is 14.5. The van der Waals surface area contributed by atoms with E-state index in [2.05, 4.69) is 15.3 Å². The SMILES string of the molecule is Cc1nc2cnc(CN(C)C)cn2c1C1=C(c2cn(C)c3ccccc23)C(=O)NC1=O. The Labute approximate surface area is 178 Å². The number of nitrogens with one attached hydrogen (secondary N) is 1. The van der Waals surface area contributed by atoms with E-state index in [1.54, 1.807) is 6.20 Å². The number of amides is 2. The van der Waals surface area contributed by atoms with Crippen molar-refractivity contribution in [3.8, 4) is 0 Å². The maximum Gasteiger partial charge on any atom is 0.261 e. The van der Waals surface area contributed by atoms with E-state index in [9.17, 15) is 9.59 Å². The zero-order valence-electron chi connectivity index (χ0n) is 17.8. The van der Waals surface area contributed by atoms with E-state index in [4.69, 9.17) is 0 Å². The first-order valence-electron chi connectivity index (χ1n) is 9.98. The second-order valence-corrected chi connectivity index (χ2v) is 8.09. The molecule has 2 amide bonds. The molecule has 1 aliphatic heterocycles. The second-order valence-electron chi connectivity index (χ2n) is 8.09. The largest absolute Gasteiger partial charge is 0.350 e. The average molecular weight is 414 g/mol. The van der Waals surface area contributed by atoms with Gasteiger partial charge in [0.15, 0.2) is 5.65 Å². The Hall–Kier alpha value is -3.78. The number of carbonyl (C=O) groups is 2. The van der Waals surface area contributed by atoms with Crippen molar-refractivity contribution < 1.29 is 9.59 Å². The van der Waals surface area contributed by atoms with Crippen LogP contribution in [0.4, 0.5) is 0 Å². The van der Waals surface area contributed by atoms with Crippen LogP contribution in [0.1, 0.15) is 22.6 Å². The van der Waals surface area contributed by atoms with Gasteiger partial charge in [-0.2, -0.15) is 0 Å². The van der Waals surface area contributed by atoms with E-state index in [0.717, 1.165) is 22.2 Å². The van der Waals surface area contributed by atoms with Gasteiger partial charge in [0, 0.05) is 42.5 Å². The number of hydrogen-bond donors (Lipinski definition) is 1. The monoisotopic (exact) mass is 414 g/mol. The zero-order chi connectivity index (χ0) is 21.9. The molecule has 0 bridgehead atoms. The van der Waals surface area contributed by atoms with Gasteiger partial charge >= 0.3 is 0 Å². The molecule has 31 heavy (non-hydrogen) atoms. The van der Waals surface area contributed by atoms with E-state index < -0.39 is 11.8 Å². The number of benzene rings is 1. The van der Waals surface area contributed by atoms with Crippen LogP contribution in [0.3, 0.4) is 0 Å². The van der Waals surface area contributed by atoms with Gasteiger partial charge in [-0.3, -0.25) is 24.3 Å². The Morgan fingerprint density at radius 1 is 1.06 bits per heavy atom. The summed E-state index contributed by atoms with van der Waals surface area (Å²) >= 11 is 0. The molecule has 156 valence electrons. The number of imidazole rings is 1.